The van der Waals surface area contributed by atoms with Crippen LogP contribution in [0.3, 0.4) is 0 Å². The van der Waals surface area contributed by atoms with E-state index in [-0.39, 0.29) is 5.91 Å². The van der Waals surface area contributed by atoms with E-state index in [1.54, 1.807) is 0 Å². The lowest BCUT2D eigenvalue weighted by atomic mass is 9.91. The van der Waals surface area contributed by atoms with Gasteiger partial charge in [0, 0.05) is 25.7 Å². The number of piperidine rings is 1. The summed E-state index contributed by atoms with van der Waals surface area (Å²) in [4.78, 5) is 17.1. The van der Waals surface area contributed by atoms with Gasteiger partial charge in [0.2, 0.25) is 0 Å². The van der Waals surface area contributed by atoms with Crippen molar-refractivity contribution in [1.29, 1.82) is 0 Å². The molecule has 1 N–H and O–H groups in total. The fourth-order valence-corrected chi connectivity index (χ4v) is 4.25. The topological polar surface area (TPSA) is 35.6 Å². The Bertz CT molecular complexity index is 543. The molecule has 2 fully saturated rings. The second-order valence-electron chi connectivity index (χ2n) is 8.00. The Hall–Kier alpha value is -1.39. The fraction of sp³-hybridized carbons (Fsp3) is 0.682. The second-order valence-corrected chi connectivity index (χ2v) is 8.00. The minimum absolute atomic E-state index is 0.147. The lowest BCUT2D eigenvalue weighted by Crippen LogP contribution is -2.32. The Kier molecular flexibility index (Phi) is 7.51. The van der Waals surface area contributed by atoms with Gasteiger partial charge >= 0.3 is 0 Å². The molecule has 0 radical (unpaired) electrons. The molecule has 26 heavy (non-hydrogen) atoms. The van der Waals surface area contributed by atoms with Crippen LogP contribution in [0, 0.1) is 0 Å². The first-order chi connectivity index (χ1) is 12.7. The minimum Gasteiger partial charge on any atom is -0.342 e. The minimum atomic E-state index is 0.147. The van der Waals surface area contributed by atoms with Gasteiger partial charge in [-0.3, -0.25) is 4.79 Å². The number of carbonyl (C=O) groups excluding carboxylic acids is 1. The average molecular weight is 358 g/mol. The highest BCUT2D eigenvalue weighted by Gasteiger charge is 2.17. The van der Waals surface area contributed by atoms with Gasteiger partial charge in [-0.2, -0.15) is 0 Å². The van der Waals surface area contributed by atoms with E-state index in [0.29, 0.717) is 5.92 Å². The molecule has 0 aromatic heterocycles. The van der Waals surface area contributed by atoms with Gasteiger partial charge < -0.3 is 15.1 Å². The molecule has 1 atom stereocenters. The molecule has 4 nitrogen and oxygen atoms in total. The molecule has 2 saturated heterocycles. The van der Waals surface area contributed by atoms with Crippen molar-refractivity contribution in [2.24, 2.45) is 0 Å². The van der Waals surface area contributed by atoms with Crippen molar-refractivity contribution < 1.29 is 4.79 Å². The van der Waals surface area contributed by atoms with Crippen LogP contribution in [-0.4, -0.2) is 62.0 Å². The zero-order valence-electron chi connectivity index (χ0n) is 16.4. The zero-order valence-corrected chi connectivity index (χ0v) is 16.4. The van der Waals surface area contributed by atoms with Crippen LogP contribution >= 0.6 is 0 Å². The van der Waals surface area contributed by atoms with Crippen LogP contribution < -0.4 is 5.32 Å². The van der Waals surface area contributed by atoms with E-state index in [0.717, 1.165) is 38.2 Å². The summed E-state index contributed by atoms with van der Waals surface area (Å²) in [5, 5.41) is 3.46. The molecule has 2 heterocycles. The van der Waals surface area contributed by atoms with Crippen LogP contribution in [0.4, 0.5) is 0 Å². The molecule has 2 aliphatic rings. The van der Waals surface area contributed by atoms with Gasteiger partial charge in [0.25, 0.3) is 5.91 Å². The van der Waals surface area contributed by atoms with Crippen LogP contribution in [0.15, 0.2) is 24.3 Å². The summed E-state index contributed by atoms with van der Waals surface area (Å²) in [6.07, 6.45) is 8.97. The van der Waals surface area contributed by atoms with Crippen LogP contribution in [0.2, 0.25) is 0 Å². The number of carbonyl (C=O) groups is 1. The Morgan fingerprint density at radius 3 is 2.50 bits per heavy atom. The van der Waals surface area contributed by atoms with Crippen LogP contribution in [0.5, 0.6) is 0 Å². The molecule has 0 saturated carbocycles. The van der Waals surface area contributed by atoms with Gasteiger partial charge in [-0.1, -0.05) is 25.0 Å². The molecule has 0 bridgehead atoms. The highest BCUT2D eigenvalue weighted by molar-refractivity contribution is 5.94. The van der Waals surface area contributed by atoms with Crippen molar-refractivity contribution in [2.75, 3.05) is 46.3 Å². The molecule has 3 rings (SSSR count). The van der Waals surface area contributed by atoms with Crippen molar-refractivity contribution in [1.82, 2.24) is 15.1 Å². The molecule has 1 amide bonds. The van der Waals surface area contributed by atoms with Gasteiger partial charge in [0.05, 0.1) is 0 Å². The van der Waals surface area contributed by atoms with Gasteiger partial charge in [-0.15, -0.1) is 0 Å². The molecular formula is C22H35N3O. The maximum absolute atomic E-state index is 12.7. The van der Waals surface area contributed by atoms with E-state index in [4.69, 9.17) is 0 Å². The normalized spacial score (nSPS) is 22.0. The third-order valence-electron chi connectivity index (χ3n) is 5.94. The number of rotatable bonds is 6. The number of hydrogen-bond acceptors (Lipinski definition) is 3. The van der Waals surface area contributed by atoms with Gasteiger partial charge in [-0.25, -0.2) is 0 Å². The number of nitrogens with zero attached hydrogens (tertiary/aromatic N) is 2. The molecule has 0 spiro atoms. The average Bonchev–Trinajstić information content (AvgIpc) is 2.97. The Morgan fingerprint density at radius 2 is 1.85 bits per heavy atom. The standard InChI is InChI=1S/C22H35N3O/c1-24(14-7-17-25-15-4-2-3-5-16-25)22(26)20-11-9-19(10-12-20)21-8-6-13-23-18-21/h9-12,21,23H,2-8,13-18H2,1H3/t21-/m0/s1. The first kappa shape index (κ1) is 19.4. The van der Waals surface area contributed by atoms with Crippen molar-refractivity contribution in [3.8, 4) is 0 Å². The van der Waals surface area contributed by atoms with Crippen molar-refractivity contribution in [3.63, 3.8) is 0 Å². The molecule has 2 aliphatic heterocycles. The quantitative estimate of drug-likeness (QED) is 0.846. The Morgan fingerprint density at radius 1 is 1.12 bits per heavy atom. The number of nitrogens with one attached hydrogen (secondary N) is 1. The lowest BCUT2D eigenvalue weighted by Gasteiger charge is -2.24. The number of benzene rings is 1. The lowest BCUT2D eigenvalue weighted by molar-refractivity contribution is 0.0788. The molecule has 0 aliphatic carbocycles. The summed E-state index contributed by atoms with van der Waals surface area (Å²) < 4.78 is 0. The summed E-state index contributed by atoms with van der Waals surface area (Å²) in [6, 6.07) is 8.32. The van der Waals surface area contributed by atoms with E-state index in [9.17, 15) is 4.79 Å². The highest BCUT2D eigenvalue weighted by Crippen LogP contribution is 2.23. The molecule has 4 heteroatoms. The summed E-state index contributed by atoms with van der Waals surface area (Å²) >= 11 is 0. The van der Waals surface area contributed by atoms with Gasteiger partial charge in [0.1, 0.15) is 0 Å². The monoisotopic (exact) mass is 357 g/mol. The van der Waals surface area contributed by atoms with Crippen molar-refractivity contribution >= 4 is 5.91 Å². The predicted molar refractivity (Wildman–Crippen MR) is 108 cm³/mol. The summed E-state index contributed by atoms with van der Waals surface area (Å²) in [7, 11) is 1.93. The number of hydrogen-bond donors (Lipinski definition) is 1. The maximum Gasteiger partial charge on any atom is 0.253 e. The van der Waals surface area contributed by atoms with Crippen molar-refractivity contribution in [2.45, 2.75) is 50.9 Å². The molecular weight excluding hydrogens is 322 g/mol. The number of likely N-dealkylation sites (tertiary alicyclic amines) is 1. The third-order valence-corrected chi connectivity index (χ3v) is 5.94. The Balaban J connectivity index is 1.45. The van der Waals surface area contributed by atoms with E-state index in [2.05, 4.69) is 22.3 Å². The number of amides is 1. The Labute approximate surface area is 158 Å². The highest BCUT2D eigenvalue weighted by atomic mass is 16.2. The summed E-state index contributed by atoms with van der Waals surface area (Å²) in [6.45, 7) is 6.61. The third kappa shape index (κ3) is 5.55. The first-order valence-corrected chi connectivity index (χ1v) is 10.5. The maximum atomic E-state index is 12.7. The van der Waals surface area contributed by atoms with E-state index >= 15 is 0 Å². The van der Waals surface area contributed by atoms with E-state index < -0.39 is 0 Å². The summed E-state index contributed by atoms with van der Waals surface area (Å²) in [5.41, 5.74) is 2.17. The van der Waals surface area contributed by atoms with Crippen LogP contribution in [-0.2, 0) is 0 Å². The first-order valence-electron chi connectivity index (χ1n) is 10.5. The van der Waals surface area contributed by atoms with Crippen LogP contribution in [0.1, 0.15) is 66.8 Å². The molecule has 1 aromatic rings. The smallest absolute Gasteiger partial charge is 0.253 e. The van der Waals surface area contributed by atoms with Gasteiger partial charge in [0.15, 0.2) is 0 Å². The molecule has 0 unspecified atom stereocenters. The van der Waals surface area contributed by atoms with Crippen LogP contribution in [0.25, 0.3) is 0 Å². The van der Waals surface area contributed by atoms with E-state index in [1.165, 1.54) is 57.2 Å². The molecule has 144 valence electrons. The predicted octanol–water partition coefficient (Wildman–Crippen LogP) is 3.49. The largest absolute Gasteiger partial charge is 0.342 e. The zero-order chi connectivity index (χ0) is 18.2. The van der Waals surface area contributed by atoms with Gasteiger partial charge in [-0.05, 0) is 81.9 Å². The van der Waals surface area contributed by atoms with E-state index in [1.807, 2.05) is 24.1 Å². The SMILES string of the molecule is CN(CCCN1CCCCCC1)C(=O)c1ccc([C@H]2CCCNC2)cc1. The summed E-state index contributed by atoms with van der Waals surface area (Å²) in [5.74, 6) is 0.744. The fourth-order valence-electron chi connectivity index (χ4n) is 4.25. The van der Waals surface area contributed by atoms with Crippen molar-refractivity contribution in [3.05, 3.63) is 35.4 Å². The molecule has 1 aromatic carbocycles. The second kappa shape index (κ2) is 10.1.